The molecule has 1 rings (SSSR count). The minimum absolute atomic E-state index is 0.482. The number of carbonyl (C=O) groups is 1. The Labute approximate surface area is 98.6 Å². The molecule has 1 atom stereocenters. The zero-order valence-electron chi connectivity index (χ0n) is 8.60. The predicted octanol–water partition coefficient (Wildman–Crippen LogP) is 1.42. The number of aliphatic hydroxyl groups excluding tert-OH is 1. The fourth-order valence-electron chi connectivity index (χ4n) is 1.25. The van der Waals surface area contributed by atoms with Crippen LogP contribution in [0.4, 0.5) is 13.2 Å². The van der Waals surface area contributed by atoms with E-state index in [-0.39, 0.29) is 0 Å². The summed E-state index contributed by atoms with van der Waals surface area (Å²) in [7, 11) is 0. The predicted molar refractivity (Wildman–Crippen MR) is 50.3 cm³/mol. The van der Waals surface area contributed by atoms with Crippen molar-refractivity contribution in [3.8, 4) is 11.8 Å². The van der Waals surface area contributed by atoms with Gasteiger partial charge >= 0.3 is 12.6 Å². The van der Waals surface area contributed by atoms with E-state index in [0.29, 0.717) is 0 Å². The summed E-state index contributed by atoms with van der Waals surface area (Å²) in [5, 5.41) is 26.4. The van der Waals surface area contributed by atoms with Crippen molar-refractivity contribution in [3.05, 3.63) is 29.1 Å². The number of aliphatic carboxylic acids is 1. The van der Waals surface area contributed by atoms with Crippen LogP contribution in [0.15, 0.2) is 12.1 Å². The van der Waals surface area contributed by atoms with Crippen molar-refractivity contribution < 1.29 is 32.9 Å². The van der Waals surface area contributed by atoms with Crippen molar-refractivity contribution >= 4 is 5.97 Å². The minimum Gasteiger partial charge on any atom is -0.479 e. The quantitative estimate of drug-likeness (QED) is 0.855. The van der Waals surface area contributed by atoms with Gasteiger partial charge in [0.2, 0.25) is 0 Å². The second-order valence-electron chi connectivity index (χ2n) is 3.07. The third-order valence-electron chi connectivity index (χ3n) is 1.99. The van der Waals surface area contributed by atoms with Gasteiger partial charge in [0.25, 0.3) is 0 Å². The number of benzene rings is 1. The molecular weight excluding hydrogens is 255 g/mol. The first-order chi connectivity index (χ1) is 8.38. The average molecular weight is 261 g/mol. The topological polar surface area (TPSA) is 90.5 Å². The van der Waals surface area contributed by atoms with Crippen LogP contribution in [0.5, 0.6) is 5.75 Å². The molecule has 1 aromatic rings. The minimum atomic E-state index is -3.32. The SMILES string of the molecule is N#Cc1ccc(OC(F)F)c(F)c1C(O)C(=O)O. The molecule has 0 heterocycles. The van der Waals surface area contributed by atoms with Crippen LogP contribution in [0.2, 0.25) is 0 Å². The molecule has 1 unspecified atom stereocenters. The van der Waals surface area contributed by atoms with E-state index in [9.17, 15) is 23.1 Å². The molecular formula is C10H6F3NO4. The molecule has 18 heavy (non-hydrogen) atoms. The Balaban J connectivity index is 3.37. The molecule has 8 heteroatoms. The number of alkyl halides is 2. The van der Waals surface area contributed by atoms with E-state index < -0.39 is 41.4 Å². The number of nitrogens with zero attached hydrogens (tertiary/aromatic N) is 1. The van der Waals surface area contributed by atoms with Crippen LogP contribution in [0, 0.1) is 17.1 Å². The van der Waals surface area contributed by atoms with Gasteiger partial charge in [0.1, 0.15) is 0 Å². The summed E-state index contributed by atoms with van der Waals surface area (Å²) < 4.78 is 41.3. The van der Waals surface area contributed by atoms with Gasteiger partial charge in [-0.15, -0.1) is 0 Å². The van der Waals surface area contributed by atoms with Gasteiger partial charge in [-0.1, -0.05) is 0 Å². The van der Waals surface area contributed by atoms with E-state index in [2.05, 4.69) is 4.74 Å². The van der Waals surface area contributed by atoms with Crippen molar-refractivity contribution in [1.82, 2.24) is 0 Å². The zero-order valence-corrected chi connectivity index (χ0v) is 8.60. The molecule has 1 aromatic carbocycles. The highest BCUT2D eigenvalue weighted by Gasteiger charge is 2.27. The first-order valence-electron chi connectivity index (χ1n) is 4.46. The normalized spacial score (nSPS) is 12.0. The maximum atomic E-state index is 13.7. The van der Waals surface area contributed by atoms with E-state index >= 15 is 0 Å². The fraction of sp³-hybridized carbons (Fsp3) is 0.200. The number of aliphatic hydroxyl groups is 1. The second-order valence-corrected chi connectivity index (χ2v) is 3.07. The second kappa shape index (κ2) is 5.37. The summed E-state index contributed by atoms with van der Waals surface area (Å²) >= 11 is 0. The van der Waals surface area contributed by atoms with E-state index in [4.69, 9.17) is 10.4 Å². The van der Waals surface area contributed by atoms with Gasteiger partial charge in [0.15, 0.2) is 17.7 Å². The lowest BCUT2D eigenvalue weighted by Gasteiger charge is -2.12. The van der Waals surface area contributed by atoms with Crippen LogP contribution in [0.1, 0.15) is 17.2 Å². The molecule has 5 nitrogen and oxygen atoms in total. The Hall–Kier alpha value is -2.27. The number of hydrogen-bond donors (Lipinski definition) is 2. The van der Waals surface area contributed by atoms with Crippen molar-refractivity contribution in [3.63, 3.8) is 0 Å². The third kappa shape index (κ3) is 2.70. The molecule has 0 amide bonds. The highest BCUT2D eigenvalue weighted by atomic mass is 19.3. The number of halogens is 3. The largest absolute Gasteiger partial charge is 0.479 e. The smallest absolute Gasteiger partial charge is 0.387 e. The Morgan fingerprint density at radius 3 is 2.50 bits per heavy atom. The number of hydrogen-bond acceptors (Lipinski definition) is 4. The molecule has 0 spiro atoms. The van der Waals surface area contributed by atoms with Crippen LogP contribution < -0.4 is 4.74 Å². The summed E-state index contributed by atoms with van der Waals surface area (Å²) in [6.45, 7) is -3.32. The maximum Gasteiger partial charge on any atom is 0.387 e. The number of carboxylic acid groups (broad SMARTS) is 1. The summed E-state index contributed by atoms with van der Waals surface area (Å²) in [6, 6.07) is 3.07. The molecule has 0 aliphatic carbocycles. The van der Waals surface area contributed by atoms with Crippen LogP contribution in [-0.2, 0) is 4.79 Å². The van der Waals surface area contributed by atoms with Gasteiger partial charge in [-0.25, -0.2) is 9.18 Å². The molecule has 0 aliphatic rings. The van der Waals surface area contributed by atoms with E-state index in [0.717, 1.165) is 12.1 Å². The van der Waals surface area contributed by atoms with Gasteiger partial charge in [0, 0.05) is 5.56 Å². The number of ether oxygens (including phenoxy) is 1. The van der Waals surface area contributed by atoms with Crippen LogP contribution in [-0.4, -0.2) is 22.8 Å². The van der Waals surface area contributed by atoms with Gasteiger partial charge < -0.3 is 14.9 Å². The lowest BCUT2D eigenvalue weighted by Crippen LogP contribution is -2.15. The Kier molecular flexibility index (Phi) is 4.12. The molecule has 0 bridgehead atoms. The van der Waals surface area contributed by atoms with Gasteiger partial charge in [-0.3, -0.25) is 0 Å². The van der Waals surface area contributed by atoms with Crippen LogP contribution in [0.25, 0.3) is 0 Å². The summed E-state index contributed by atoms with van der Waals surface area (Å²) in [5.41, 5.74) is -1.40. The lowest BCUT2D eigenvalue weighted by atomic mass is 10.0. The lowest BCUT2D eigenvalue weighted by molar-refractivity contribution is -0.147. The van der Waals surface area contributed by atoms with E-state index in [1.807, 2.05) is 0 Å². The van der Waals surface area contributed by atoms with Crippen molar-refractivity contribution in [1.29, 1.82) is 5.26 Å². The Morgan fingerprint density at radius 2 is 2.06 bits per heavy atom. The van der Waals surface area contributed by atoms with Crippen molar-refractivity contribution in [2.24, 2.45) is 0 Å². The highest BCUT2D eigenvalue weighted by Crippen LogP contribution is 2.29. The van der Waals surface area contributed by atoms with Crippen molar-refractivity contribution in [2.75, 3.05) is 0 Å². The van der Waals surface area contributed by atoms with Crippen LogP contribution in [0.3, 0.4) is 0 Å². The van der Waals surface area contributed by atoms with Gasteiger partial charge in [-0.05, 0) is 12.1 Å². The van der Waals surface area contributed by atoms with E-state index in [1.54, 1.807) is 0 Å². The Morgan fingerprint density at radius 1 is 1.44 bits per heavy atom. The third-order valence-corrected chi connectivity index (χ3v) is 1.99. The molecule has 0 aliphatic heterocycles. The maximum absolute atomic E-state index is 13.7. The zero-order chi connectivity index (χ0) is 13.9. The number of nitriles is 1. The molecule has 0 saturated carbocycles. The monoisotopic (exact) mass is 261 g/mol. The molecule has 96 valence electrons. The number of rotatable bonds is 4. The van der Waals surface area contributed by atoms with Crippen LogP contribution >= 0.6 is 0 Å². The molecule has 0 aromatic heterocycles. The van der Waals surface area contributed by atoms with Gasteiger partial charge in [0.05, 0.1) is 11.6 Å². The summed E-state index contributed by atoms with van der Waals surface area (Å²) in [5.74, 6) is -4.27. The Bertz CT molecular complexity index is 513. The van der Waals surface area contributed by atoms with E-state index in [1.165, 1.54) is 6.07 Å². The fourth-order valence-corrected chi connectivity index (χ4v) is 1.25. The summed E-state index contributed by atoms with van der Waals surface area (Å²) in [6.07, 6.45) is -2.35. The number of carboxylic acids is 1. The average Bonchev–Trinajstić information content (AvgIpc) is 2.30. The highest BCUT2D eigenvalue weighted by molar-refractivity contribution is 5.75. The summed E-state index contributed by atoms with van der Waals surface area (Å²) in [4.78, 5) is 10.5. The first kappa shape index (κ1) is 13.8. The molecule has 0 radical (unpaired) electrons. The molecule has 0 saturated heterocycles. The first-order valence-corrected chi connectivity index (χ1v) is 4.46. The standard InChI is InChI=1S/C10H6F3NO4/c11-7-5(18-10(12)13)2-1-4(3-14)6(7)8(15)9(16)17/h1-2,8,10,15H,(H,16,17). The molecule has 0 fully saturated rings. The van der Waals surface area contributed by atoms with Gasteiger partial charge in [-0.2, -0.15) is 14.0 Å². The van der Waals surface area contributed by atoms with Crippen molar-refractivity contribution in [2.45, 2.75) is 12.7 Å². The molecule has 2 N–H and O–H groups in total.